The van der Waals surface area contributed by atoms with Crippen LogP contribution in [0.1, 0.15) is 71.6 Å². The number of hydrogen-bond acceptors (Lipinski definition) is 2. The van der Waals surface area contributed by atoms with Crippen LogP contribution in [0.25, 0.3) is 0 Å². The molecule has 0 saturated heterocycles. The van der Waals surface area contributed by atoms with Gasteiger partial charge in [0, 0.05) is 6.42 Å². The molecule has 0 heterocycles. The Hall–Kier alpha value is -1.57. The lowest BCUT2D eigenvalue weighted by atomic mass is 9.81. The monoisotopic (exact) mass is 328 g/mol. The number of ether oxygens (including phenoxy) is 1. The van der Waals surface area contributed by atoms with E-state index in [-0.39, 0.29) is 5.97 Å². The normalized spacial score (nSPS) is 18.8. The minimum atomic E-state index is -0.123. The van der Waals surface area contributed by atoms with Crippen LogP contribution < -0.4 is 4.74 Å². The molecule has 1 aromatic rings. The van der Waals surface area contributed by atoms with Crippen LogP contribution in [-0.2, 0) is 4.79 Å². The quantitative estimate of drug-likeness (QED) is 0.230. The van der Waals surface area contributed by atoms with E-state index in [9.17, 15) is 4.79 Å². The fourth-order valence-corrected chi connectivity index (χ4v) is 3.49. The first-order valence-electron chi connectivity index (χ1n) is 9.63. The number of hydrogen-bond donors (Lipinski definition) is 0. The third kappa shape index (κ3) is 6.51. The SMILES string of the molecule is CCCCCC1CC=C(C(C)CCC(=O)Oc2ccccc2)CC1. The van der Waals surface area contributed by atoms with Gasteiger partial charge >= 0.3 is 5.97 Å². The molecule has 0 spiro atoms. The molecule has 0 N–H and O–H groups in total. The molecule has 1 aliphatic carbocycles. The second-order valence-electron chi connectivity index (χ2n) is 7.14. The molecule has 2 rings (SSSR count). The van der Waals surface area contributed by atoms with Gasteiger partial charge in [0.25, 0.3) is 0 Å². The van der Waals surface area contributed by atoms with Crippen molar-refractivity contribution in [2.24, 2.45) is 11.8 Å². The largest absolute Gasteiger partial charge is 0.427 e. The van der Waals surface area contributed by atoms with Crippen LogP contribution in [0.2, 0.25) is 0 Å². The van der Waals surface area contributed by atoms with Crippen LogP contribution in [0.15, 0.2) is 42.0 Å². The number of carbonyl (C=O) groups is 1. The van der Waals surface area contributed by atoms with E-state index in [1.54, 1.807) is 5.57 Å². The highest BCUT2D eigenvalue weighted by atomic mass is 16.5. The summed E-state index contributed by atoms with van der Waals surface area (Å²) >= 11 is 0. The zero-order chi connectivity index (χ0) is 17.2. The van der Waals surface area contributed by atoms with Crippen molar-refractivity contribution < 1.29 is 9.53 Å². The maximum Gasteiger partial charge on any atom is 0.311 e. The van der Waals surface area contributed by atoms with Gasteiger partial charge in [0.15, 0.2) is 0 Å². The van der Waals surface area contributed by atoms with E-state index in [4.69, 9.17) is 4.74 Å². The van der Waals surface area contributed by atoms with Crippen LogP contribution in [-0.4, -0.2) is 5.97 Å². The van der Waals surface area contributed by atoms with Gasteiger partial charge in [-0.25, -0.2) is 0 Å². The molecule has 0 radical (unpaired) electrons. The molecule has 0 aliphatic heterocycles. The van der Waals surface area contributed by atoms with Crippen LogP contribution in [0.5, 0.6) is 5.75 Å². The van der Waals surface area contributed by atoms with Crippen LogP contribution in [0.4, 0.5) is 0 Å². The van der Waals surface area contributed by atoms with E-state index in [2.05, 4.69) is 19.9 Å². The van der Waals surface area contributed by atoms with Gasteiger partial charge in [0.2, 0.25) is 0 Å². The minimum Gasteiger partial charge on any atom is -0.427 e. The molecule has 1 aliphatic rings. The third-order valence-corrected chi connectivity index (χ3v) is 5.16. The lowest BCUT2D eigenvalue weighted by molar-refractivity contribution is -0.134. The van der Waals surface area contributed by atoms with Gasteiger partial charge in [0.1, 0.15) is 5.75 Å². The summed E-state index contributed by atoms with van der Waals surface area (Å²) in [4.78, 5) is 12.0. The number of esters is 1. The first kappa shape index (κ1) is 18.8. The fraction of sp³-hybridized carbons (Fsp3) is 0.591. The van der Waals surface area contributed by atoms with Crippen molar-refractivity contribution in [1.82, 2.24) is 0 Å². The zero-order valence-corrected chi connectivity index (χ0v) is 15.3. The summed E-state index contributed by atoms with van der Waals surface area (Å²) in [5, 5.41) is 0. The molecule has 0 fully saturated rings. The molecule has 0 bridgehead atoms. The van der Waals surface area contributed by atoms with Gasteiger partial charge in [-0.2, -0.15) is 0 Å². The second kappa shape index (κ2) is 10.3. The van der Waals surface area contributed by atoms with Gasteiger partial charge in [-0.05, 0) is 49.7 Å². The molecule has 0 saturated carbocycles. The van der Waals surface area contributed by atoms with E-state index >= 15 is 0 Å². The maximum absolute atomic E-state index is 12.0. The van der Waals surface area contributed by atoms with Gasteiger partial charge in [0.05, 0.1) is 0 Å². The van der Waals surface area contributed by atoms with Crippen molar-refractivity contribution in [2.75, 3.05) is 0 Å². The van der Waals surface area contributed by atoms with Crippen molar-refractivity contribution in [2.45, 2.75) is 71.6 Å². The molecule has 0 amide bonds. The van der Waals surface area contributed by atoms with Gasteiger partial charge in [-0.3, -0.25) is 4.79 Å². The molecule has 2 nitrogen and oxygen atoms in total. The topological polar surface area (TPSA) is 26.3 Å². The molecule has 0 aromatic heterocycles. The number of unbranched alkanes of at least 4 members (excludes halogenated alkanes) is 2. The van der Waals surface area contributed by atoms with Crippen LogP contribution >= 0.6 is 0 Å². The summed E-state index contributed by atoms with van der Waals surface area (Å²) in [5.41, 5.74) is 1.55. The molecule has 24 heavy (non-hydrogen) atoms. The summed E-state index contributed by atoms with van der Waals surface area (Å²) in [6.07, 6.45) is 13.0. The molecule has 132 valence electrons. The van der Waals surface area contributed by atoms with E-state index in [0.29, 0.717) is 18.1 Å². The van der Waals surface area contributed by atoms with Crippen LogP contribution in [0, 0.1) is 11.8 Å². The predicted molar refractivity (Wildman–Crippen MR) is 100 cm³/mol. The van der Waals surface area contributed by atoms with E-state index in [1.807, 2.05) is 30.3 Å². The molecule has 2 atom stereocenters. The number of allylic oxidation sites excluding steroid dienone is 2. The Bertz CT molecular complexity index is 518. The first-order chi connectivity index (χ1) is 11.7. The number of rotatable bonds is 9. The summed E-state index contributed by atoms with van der Waals surface area (Å²) in [5.74, 6) is 1.89. The molecule has 2 heteroatoms. The van der Waals surface area contributed by atoms with Crippen molar-refractivity contribution in [3.8, 4) is 5.75 Å². The summed E-state index contributed by atoms with van der Waals surface area (Å²) in [6.45, 7) is 4.52. The number of benzene rings is 1. The van der Waals surface area contributed by atoms with Crippen molar-refractivity contribution >= 4 is 5.97 Å². The Balaban J connectivity index is 1.69. The summed E-state index contributed by atoms with van der Waals surface area (Å²) in [7, 11) is 0. The smallest absolute Gasteiger partial charge is 0.311 e. The summed E-state index contributed by atoms with van der Waals surface area (Å²) < 4.78 is 5.37. The Morgan fingerprint density at radius 3 is 2.71 bits per heavy atom. The fourth-order valence-electron chi connectivity index (χ4n) is 3.49. The Morgan fingerprint density at radius 1 is 1.25 bits per heavy atom. The highest BCUT2D eigenvalue weighted by molar-refractivity contribution is 5.72. The number of para-hydroxylation sites is 1. The minimum absolute atomic E-state index is 0.123. The van der Waals surface area contributed by atoms with Crippen molar-refractivity contribution in [3.63, 3.8) is 0 Å². The highest BCUT2D eigenvalue weighted by Gasteiger charge is 2.18. The first-order valence-corrected chi connectivity index (χ1v) is 9.63. The van der Waals surface area contributed by atoms with Gasteiger partial charge in [-0.15, -0.1) is 0 Å². The van der Waals surface area contributed by atoms with E-state index < -0.39 is 0 Å². The maximum atomic E-state index is 12.0. The van der Waals surface area contributed by atoms with E-state index in [0.717, 1.165) is 12.3 Å². The Kier molecular flexibility index (Phi) is 8.07. The standard InChI is InChI=1S/C22H32O2/c1-3-4-6-9-19-13-15-20(16-14-19)18(2)12-17-22(23)24-21-10-7-5-8-11-21/h5,7-8,10-11,15,18-19H,3-4,6,9,12-14,16-17H2,1-2H3. The highest BCUT2D eigenvalue weighted by Crippen LogP contribution is 2.32. The molecular weight excluding hydrogens is 296 g/mol. The third-order valence-electron chi connectivity index (χ3n) is 5.16. The van der Waals surface area contributed by atoms with Crippen molar-refractivity contribution in [3.05, 3.63) is 42.0 Å². The predicted octanol–water partition coefficient (Wildman–Crippen LogP) is 6.32. The second-order valence-corrected chi connectivity index (χ2v) is 7.14. The van der Waals surface area contributed by atoms with Crippen LogP contribution in [0.3, 0.4) is 0 Å². The number of carbonyl (C=O) groups excluding carboxylic acids is 1. The lowest BCUT2D eigenvalue weighted by Gasteiger charge is -2.25. The van der Waals surface area contributed by atoms with Crippen molar-refractivity contribution in [1.29, 1.82) is 0 Å². The average Bonchev–Trinajstić information content (AvgIpc) is 2.61. The molecular formula is C22H32O2. The van der Waals surface area contributed by atoms with Gasteiger partial charge < -0.3 is 4.74 Å². The molecule has 2 unspecified atom stereocenters. The Labute approximate surface area is 147 Å². The zero-order valence-electron chi connectivity index (χ0n) is 15.3. The Morgan fingerprint density at radius 2 is 2.04 bits per heavy atom. The van der Waals surface area contributed by atoms with Gasteiger partial charge in [-0.1, -0.05) is 69.4 Å². The summed E-state index contributed by atoms with van der Waals surface area (Å²) in [6, 6.07) is 9.34. The van der Waals surface area contributed by atoms with E-state index in [1.165, 1.54) is 44.9 Å². The molecule has 1 aromatic carbocycles. The average molecular weight is 328 g/mol. The lowest BCUT2D eigenvalue weighted by Crippen LogP contribution is -2.13.